The van der Waals surface area contributed by atoms with Gasteiger partial charge in [-0.3, -0.25) is 9.80 Å². The topological polar surface area (TPSA) is 6.48 Å². The molecule has 2 atom stereocenters. The SMILES string of the molecule is C[C@H]1CCCC[C@H]1N1CCN(Cc2cccc3ccccc23)CC1. The molecule has 2 aliphatic rings. The summed E-state index contributed by atoms with van der Waals surface area (Å²) in [4.78, 5) is 5.43. The second kappa shape index (κ2) is 7.25. The first-order valence-electron chi connectivity index (χ1n) is 9.74. The van der Waals surface area contributed by atoms with Gasteiger partial charge < -0.3 is 0 Å². The summed E-state index contributed by atoms with van der Waals surface area (Å²) in [6, 6.07) is 16.4. The van der Waals surface area contributed by atoms with E-state index in [1.54, 1.807) is 0 Å². The van der Waals surface area contributed by atoms with E-state index in [0.29, 0.717) is 0 Å². The molecule has 1 saturated carbocycles. The summed E-state index contributed by atoms with van der Waals surface area (Å²) in [6.45, 7) is 8.49. The van der Waals surface area contributed by atoms with Gasteiger partial charge in [-0.25, -0.2) is 0 Å². The van der Waals surface area contributed by atoms with Crippen LogP contribution in [0.2, 0.25) is 0 Å². The first kappa shape index (κ1) is 16.1. The Morgan fingerprint density at radius 2 is 1.62 bits per heavy atom. The second-order valence-electron chi connectivity index (χ2n) is 7.78. The fraction of sp³-hybridized carbons (Fsp3) is 0.545. The van der Waals surface area contributed by atoms with E-state index in [1.807, 2.05) is 0 Å². The van der Waals surface area contributed by atoms with Gasteiger partial charge in [-0.1, -0.05) is 62.2 Å². The van der Waals surface area contributed by atoms with E-state index >= 15 is 0 Å². The summed E-state index contributed by atoms with van der Waals surface area (Å²) >= 11 is 0. The van der Waals surface area contributed by atoms with Crippen LogP contribution in [0.1, 0.15) is 38.2 Å². The fourth-order valence-corrected chi connectivity index (χ4v) is 4.76. The summed E-state index contributed by atoms with van der Waals surface area (Å²) in [6.07, 6.45) is 5.73. The standard InChI is InChI=1S/C22H30N2/c1-18-7-2-5-12-22(18)24-15-13-23(14-16-24)17-20-10-6-9-19-8-3-4-11-21(19)20/h3-4,6,8-11,18,22H,2,5,7,12-17H2,1H3/t18-,22+/m0/s1. The van der Waals surface area contributed by atoms with Gasteiger partial charge in [-0.2, -0.15) is 0 Å². The molecule has 0 radical (unpaired) electrons. The lowest BCUT2D eigenvalue weighted by atomic mass is 9.84. The molecular formula is C22H30N2. The lowest BCUT2D eigenvalue weighted by Crippen LogP contribution is -2.52. The Bertz CT molecular complexity index is 667. The molecule has 1 aliphatic carbocycles. The van der Waals surface area contributed by atoms with Crippen molar-refractivity contribution in [1.29, 1.82) is 0 Å². The van der Waals surface area contributed by atoms with Crippen LogP contribution in [0, 0.1) is 5.92 Å². The summed E-state index contributed by atoms with van der Waals surface area (Å²) in [5, 5.41) is 2.79. The zero-order chi connectivity index (χ0) is 16.4. The van der Waals surface area contributed by atoms with Crippen LogP contribution in [0.3, 0.4) is 0 Å². The number of fused-ring (bicyclic) bond motifs is 1. The van der Waals surface area contributed by atoms with Crippen molar-refractivity contribution in [2.75, 3.05) is 26.2 Å². The number of hydrogen-bond donors (Lipinski definition) is 0. The molecule has 0 spiro atoms. The van der Waals surface area contributed by atoms with Gasteiger partial charge >= 0.3 is 0 Å². The molecule has 24 heavy (non-hydrogen) atoms. The van der Waals surface area contributed by atoms with Gasteiger partial charge in [0.2, 0.25) is 0 Å². The molecule has 1 heterocycles. The predicted molar refractivity (Wildman–Crippen MR) is 102 cm³/mol. The van der Waals surface area contributed by atoms with E-state index < -0.39 is 0 Å². The predicted octanol–water partition coefficient (Wildman–Crippen LogP) is 4.54. The van der Waals surface area contributed by atoms with Crippen molar-refractivity contribution in [3.8, 4) is 0 Å². The monoisotopic (exact) mass is 322 g/mol. The van der Waals surface area contributed by atoms with Crippen molar-refractivity contribution >= 4 is 10.8 Å². The zero-order valence-electron chi connectivity index (χ0n) is 15.0. The Morgan fingerprint density at radius 3 is 2.46 bits per heavy atom. The number of piperazine rings is 1. The van der Waals surface area contributed by atoms with Gasteiger partial charge in [0.25, 0.3) is 0 Å². The summed E-state index contributed by atoms with van der Waals surface area (Å²) in [7, 11) is 0. The molecular weight excluding hydrogens is 292 g/mol. The Balaban J connectivity index is 1.39. The average molecular weight is 322 g/mol. The molecule has 0 N–H and O–H groups in total. The van der Waals surface area contributed by atoms with Gasteiger partial charge in [-0.05, 0) is 35.1 Å². The highest BCUT2D eigenvalue weighted by atomic mass is 15.3. The summed E-state index contributed by atoms with van der Waals surface area (Å²) in [5.74, 6) is 0.892. The van der Waals surface area contributed by atoms with Gasteiger partial charge in [0.05, 0.1) is 0 Å². The minimum atomic E-state index is 0.846. The van der Waals surface area contributed by atoms with Crippen LogP contribution in [-0.2, 0) is 6.54 Å². The molecule has 2 fully saturated rings. The maximum absolute atomic E-state index is 2.78. The van der Waals surface area contributed by atoms with Crippen molar-refractivity contribution in [3.05, 3.63) is 48.0 Å². The lowest BCUT2D eigenvalue weighted by molar-refractivity contribution is 0.0519. The number of benzene rings is 2. The van der Waals surface area contributed by atoms with E-state index in [9.17, 15) is 0 Å². The molecule has 128 valence electrons. The number of hydrogen-bond acceptors (Lipinski definition) is 2. The molecule has 2 aromatic rings. The third-order valence-corrected chi connectivity index (χ3v) is 6.22. The maximum Gasteiger partial charge on any atom is 0.0240 e. The molecule has 0 unspecified atom stereocenters. The molecule has 4 rings (SSSR count). The van der Waals surface area contributed by atoms with Crippen molar-refractivity contribution in [3.63, 3.8) is 0 Å². The third kappa shape index (κ3) is 3.36. The number of rotatable bonds is 3. The van der Waals surface area contributed by atoms with Crippen LogP contribution in [0.4, 0.5) is 0 Å². The Kier molecular flexibility index (Phi) is 4.86. The van der Waals surface area contributed by atoms with E-state index in [-0.39, 0.29) is 0 Å². The fourth-order valence-electron chi connectivity index (χ4n) is 4.76. The summed E-state index contributed by atoms with van der Waals surface area (Å²) in [5.41, 5.74) is 1.48. The molecule has 1 aliphatic heterocycles. The Hall–Kier alpha value is -1.38. The van der Waals surface area contributed by atoms with Crippen LogP contribution in [0.15, 0.2) is 42.5 Å². The van der Waals surface area contributed by atoms with Crippen molar-refractivity contribution in [2.45, 2.75) is 45.2 Å². The highest BCUT2D eigenvalue weighted by molar-refractivity contribution is 5.85. The van der Waals surface area contributed by atoms with E-state index in [4.69, 9.17) is 0 Å². The smallest absolute Gasteiger partial charge is 0.0240 e. The third-order valence-electron chi connectivity index (χ3n) is 6.22. The quantitative estimate of drug-likeness (QED) is 0.819. The van der Waals surface area contributed by atoms with Gasteiger partial charge in [-0.15, -0.1) is 0 Å². The van der Waals surface area contributed by atoms with Crippen LogP contribution in [-0.4, -0.2) is 42.0 Å². The maximum atomic E-state index is 2.78. The zero-order valence-corrected chi connectivity index (χ0v) is 15.0. The van der Waals surface area contributed by atoms with Crippen molar-refractivity contribution < 1.29 is 0 Å². The molecule has 0 amide bonds. The highest BCUT2D eigenvalue weighted by Gasteiger charge is 2.29. The first-order valence-corrected chi connectivity index (χ1v) is 9.74. The van der Waals surface area contributed by atoms with Crippen LogP contribution in [0.25, 0.3) is 10.8 Å². The van der Waals surface area contributed by atoms with Crippen LogP contribution < -0.4 is 0 Å². The minimum absolute atomic E-state index is 0.846. The average Bonchev–Trinajstić information content (AvgIpc) is 2.63. The van der Waals surface area contributed by atoms with Gasteiger partial charge in [0, 0.05) is 38.8 Å². The molecule has 2 heteroatoms. The van der Waals surface area contributed by atoms with E-state index in [0.717, 1.165) is 18.5 Å². The van der Waals surface area contributed by atoms with Crippen molar-refractivity contribution in [1.82, 2.24) is 9.80 Å². The van der Waals surface area contributed by atoms with Crippen molar-refractivity contribution in [2.24, 2.45) is 5.92 Å². The molecule has 2 aromatic carbocycles. The number of nitrogens with zero attached hydrogens (tertiary/aromatic N) is 2. The lowest BCUT2D eigenvalue weighted by Gasteiger charge is -2.43. The molecule has 1 saturated heterocycles. The van der Waals surface area contributed by atoms with E-state index in [1.165, 1.54) is 68.2 Å². The van der Waals surface area contributed by atoms with E-state index in [2.05, 4.69) is 59.2 Å². The van der Waals surface area contributed by atoms with Gasteiger partial charge in [0.1, 0.15) is 0 Å². The molecule has 2 nitrogen and oxygen atoms in total. The normalized spacial score (nSPS) is 26.7. The highest BCUT2D eigenvalue weighted by Crippen LogP contribution is 2.29. The van der Waals surface area contributed by atoms with Crippen LogP contribution in [0.5, 0.6) is 0 Å². The second-order valence-corrected chi connectivity index (χ2v) is 7.78. The minimum Gasteiger partial charge on any atom is -0.298 e. The van der Waals surface area contributed by atoms with Gasteiger partial charge in [0.15, 0.2) is 0 Å². The molecule has 0 aromatic heterocycles. The first-order chi connectivity index (χ1) is 11.8. The largest absolute Gasteiger partial charge is 0.298 e. The summed E-state index contributed by atoms with van der Waals surface area (Å²) < 4.78 is 0. The molecule has 0 bridgehead atoms. The Morgan fingerprint density at radius 1 is 0.875 bits per heavy atom. The Labute approximate surface area is 146 Å². The van der Waals surface area contributed by atoms with Crippen LogP contribution >= 0.6 is 0 Å².